The number of hydrogen-bond acceptors (Lipinski definition) is 2. The summed E-state index contributed by atoms with van der Waals surface area (Å²) in [7, 11) is 0. The minimum atomic E-state index is -0.551. The second kappa shape index (κ2) is 15.8. The molecule has 2 aliphatic rings. The van der Waals surface area contributed by atoms with Crippen LogP contribution in [0.4, 0.5) is 0 Å². The molecule has 0 aliphatic heterocycles. The van der Waals surface area contributed by atoms with Crippen molar-refractivity contribution in [2.75, 3.05) is 0 Å². The molecule has 0 bridgehead atoms. The maximum absolute atomic E-state index is 5.48. The molecule has 0 unspecified atom stereocenters. The summed E-state index contributed by atoms with van der Waals surface area (Å²) >= 11 is 0. The molecule has 67 heavy (non-hydrogen) atoms. The molecule has 0 N–H and O–H groups in total. The van der Waals surface area contributed by atoms with E-state index in [0.29, 0.717) is 5.82 Å². The largest absolute Gasteiger partial charge is 0.228 e. The second-order valence-electron chi connectivity index (χ2n) is 17.6. The third-order valence-electron chi connectivity index (χ3n) is 13.9. The average molecular weight is 851 g/mol. The fourth-order valence-corrected chi connectivity index (χ4v) is 10.9. The molecule has 0 radical (unpaired) electrons. The zero-order chi connectivity index (χ0) is 44.3. The van der Waals surface area contributed by atoms with Crippen molar-refractivity contribution in [1.82, 2.24) is 9.97 Å². The van der Waals surface area contributed by atoms with Crippen LogP contribution in [0.25, 0.3) is 101 Å². The van der Waals surface area contributed by atoms with Gasteiger partial charge in [0.05, 0.1) is 16.8 Å². The number of benzene rings is 10. The van der Waals surface area contributed by atoms with Gasteiger partial charge in [-0.15, -0.1) is 0 Å². The lowest BCUT2D eigenvalue weighted by molar-refractivity contribution is 0.775. The highest BCUT2D eigenvalue weighted by Crippen LogP contribution is 2.61. The molecular formula is C65H42N2. The Kier molecular flexibility index (Phi) is 9.11. The van der Waals surface area contributed by atoms with Crippen LogP contribution in [-0.2, 0) is 5.41 Å². The second-order valence-corrected chi connectivity index (χ2v) is 17.6. The molecule has 0 amide bonds. The third-order valence-corrected chi connectivity index (χ3v) is 13.9. The van der Waals surface area contributed by atoms with E-state index in [1.54, 1.807) is 0 Å². The molecule has 0 saturated carbocycles. The first-order valence-corrected chi connectivity index (χ1v) is 23.1. The third kappa shape index (κ3) is 6.33. The standard InChI is InChI=1S/C65H42N2/c1-4-18-43(19-5-1)46-32-34-47(35-33-46)64-66-62(42-63(67-64)51-39-49(44-20-6-2-7-21-44)38-50(40-51)45-22-8-3-9-23-45)48-36-37-61-57(41-48)53-25-11-10-24-52(53)54-26-12-15-29-58(54)65(61)59-30-16-13-27-55(59)56-28-14-17-31-60(56)65/h1-42H. The van der Waals surface area contributed by atoms with Crippen LogP contribution in [0.1, 0.15) is 22.3 Å². The fraction of sp³-hybridized carbons (Fsp3) is 0.0154. The predicted molar refractivity (Wildman–Crippen MR) is 276 cm³/mol. The van der Waals surface area contributed by atoms with Gasteiger partial charge in [-0.2, -0.15) is 0 Å². The highest BCUT2D eigenvalue weighted by molar-refractivity contribution is 5.98. The van der Waals surface area contributed by atoms with E-state index in [1.807, 2.05) is 0 Å². The van der Waals surface area contributed by atoms with Crippen LogP contribution in [0.2, 0.25) is 0 Å². The zero-order valence-corrected chi connectivity index (χ0v) is 36.6. The monoisotopic (exact) mass is 850 g/mol. The molecule has 312 valence electrons. The topological polar surface area (TPSA) is 25.8 Å². The van der Waals surface area contributed by atoms with E-state index in [4.69, 9.17) is 9.97 Å². The lowest BCUT2D eigenvalue weighted by atomic mass is 9.66. The number of hydrogen-bond donors (Lipinski definition) is 0. The summed E-state index contributed by atoms with van der Waals surface area (Å²) in [4.78, 5) is 10.9. The Labute approximate surface area is 391 Å². The normalized spacial score (nSPS) is 12.6. The lowest BCUT2D eigenvalue weighted by Gasteiger charge is -2.35. The molecule has 13 rings (SSSR count). The first-order valence-electron chi connectivity index (χ1n) is 23.1. The molecule has 2 aliphatic carbocycles. The van der Waals surface area contributed by atoms with Crippen molar-refractivity contribution in [3.05, 3.63) is 277 Å². The Morgan fingerprint density at radius 1 is 0.209 bits per heavy atom. The average Bonchev–Trinajstić information content (AvgIpc) is 3.66. The fourth-order valence-electron chi connectivity index (χ4n) is 10.9. The number of fused-ring (bicyclic) bond motifs is 12. The van der Waals surface area contributed by atoms with Crippen molar-refractivity contribution < 1.29 is 0 Å². The van der Waals surface area contributed by atoms with Crippen molar-refractivity contribution in [2.45, 2.75) is 5.41 Å². The van der Waals surface area contributed by atoms with E-state index in [2.05, 4.69) is 255 Å². The molecule has 0 atom stereocenters. The molecule has 2 nitrogen and oxygen atoms in total. The van der Waals surface area contributed by atoms with Gasteiger partial charge in [-0.25, -0.2) is 9.97 Å². The van der Waals surface area contributed by atoms with Crippen LogP contribution in [0.5, 0.6) is 0 Å². The lowest BCUT2D eigenvalue weighted by Crippen LogP contribution is -2.29. The Hall–Kier alpha value is -8.72. The molecule has 1 spiro atoms. The maximum atomic E-state index is 5.48. The number of aromatic nitrogens is 2. The minimum Gasteiger partial charge on any atom is -0.228 e. The van der Waals surface area contributed by atoms with Gasteiger partial charge in [0, 0.05) is 16.7 Å². The van der Waals surface area contributed by atoms with Gasteiger partial charge < -0.3 is 0 Å². The summed E-state index contributed by atoms with van der Waals surface area (Å²) in [6.07, 6.45) is 0. The highest BCUT2D eigenvalue weighted by atomic mass is 14.9. The highest BCUT2D eigenvalue weighted by Gasteiger charge is 2.49. The van der Waals surface area contributed by atoms with Crippen molar-refractivity contribution >= 4 is 0 Å². The summed E-state index contributed by atoms with van der Waals surface area (Å²) in [5.41, 5.74) is 23.7. The number of rotatable bonds is 6. The van der Waals surface area contributed by atoms with Crippen molar-refractivity contribution in [1.29, 1.82) is 0 Å². The van der Waals surface area contributed by atoms with Gasteiger partial charge in [0.2, 0.25) is 0 Å². The van der Waals surface area contributed by atoms with Crippen LogP contribution >= 0.6 is 0 Å². The van der Waals surface area contributed by atoms with Crippen molar-refractivity contribution in [3.8, 4) is 101 Å². The predicted octanol–water partition coefficient (Wildman–Crippen LogP) is 16.5. The first-order chi connectivity index (χ1) is 33.2. The van der Waals surface area contributed by atoms with E-state index in [1.165, 1.54) is 61.2 Å². The van der Waals surface area contributed by atoms with E-state index in [9.17, 15) is 0 Å². The molecule has 0 fully saturated rings. The SMILES string of the molecule is c1ccc(-c2ccc(-c3nc(-c4cc(-c5ccccc5)cc(-c5ccccc5)c4)cc(-c4ccc5c(c4)-c4ccccc4-c4ccccc4C54c5ccccc5-c5ccccc54)n3)cc2)cc1. The van der Waals surface area contributed by atoms with E-state index in [-0.39, 0.29) is 0 Å². The quantitative estimate of drug-likeness (QED) is 0.167. The summed E-state index contributed by atoms with van der Waals surface area (Å²) in [6, 6.07) is 92.6. The molecule has 1 heterocycles. The van der Waals surface area contributed by atoms with Crippen molar-refractivity contribution in [3.63, 3.8) is 0 Å². The van der Waals surface area contributed by atoms with Gasteiger partial charge in [-0.05, 0) is 119 Å². The summed E-state index contributed by atoms with van der Waals surface area (Å²) in [5.74, 6) is 0.677. The Balaban J connectivity index is 1.06. The molecular weight excluding hydrogens is 809 g/mol. The van der Waals surface area contributed by atoms with Crippen LogP contribution < -0.4 is 0 Å². The van der Waals surface area contributed by atoms with Gasteiger partial charge >= 0.3 is 0 Å². The zero-order valence-electron chi connectivity index (χ0n) is 36.6. The summed E-state index contributed by atoms with van der Waals surface area (Å²) in [5, 5.41) is 0. The molecule has 11 aromatic rings. The van der Waals surface area contributed by atoms with Gasteiger partial charge in [-0.3, -0.25) is 0 Å². The summed E-state index contributed by atoms with van der Waals surface area (Å²) < 4.78 is 0. The van der Waals surface area contributed by atoms with Gasteiger partial charge in [0.25, 0.3) is 0 Å². The Bertz CT molecular complexity index is 3560. The van der Waals surface area contributed by atoms with Gasteiger partial charge in [0.15, 0.2) is 5.82 Å². The smallest absolute Gasteiger partial charge is 0.160 e. The molecule has 10 aromatic carbocycles. The maximum Gasteiger partial charge on any atom is 0.160 e. The molecule has 0 saturated heterocycles. The van der Waals surface area contributed by atoms with Crippen LogP contribution in [0.15, 0.2) is 255 Å². The summed E-state index contributed by atoms with van der Waals surface area (Å²) in [6.45, 7) is 0. The van der Waals surface area contributed by atoms with Crippen LogP contribution in [0.3, 0.4) is 0 Å². The van der Waals surface area contributed by atoms with Gasteiger partial charge in [-0.1, -0.05) is 224 Å². The van der Waals surface area contributed by atoms with E-state index < -0.39 is 5.41 Å². The first kappa shape index (κ1) is 38.7. The number of nitrogens with zero attached hydrogens (tertiary/aromatic N) is 2. The minimum absolute atomic E-state index is 0.551. The van der Waals surface area contributed by atoms with Crippen LogP contribution in [0, 0.1) is 0 Å². The molecule has 1 aromatic heterocycles. The van der Waals surface area contributed by atoms with E-state index >= 15 is 0 Å². The van der Waals surface area contributed by atoms with E-state index in [0.717, 1.165) is 55.9 Å². The van der Waals surface area contributed by atoms with Crippen LogP contribution in [-0.4, -0.2) is 9.97 Å². The molecule has 2 heteroatoms. The Morgan fingerprint density at radius 3 is 1.07 bits per heavy atom. The Morgan fingerprint density at radius 2 is 0.552 bits per heavy atom. The van der Waals surface area contributed by atoms with Crippen molar-refractivity contribution in [2.24, 2.45) is 0 Å². The van der Waals surface area contributed by atoms with Gasteiger partial charge in [0.1, 0.15) is 0 Å².